The van der Waals surface area contributed by atoms with Gasteiger partial charge in [0.05, 0.1) is 12.1 Å². The molecule has 0 radical (unpaired) electrons. The topological polar surface area (TPSA) is 41.6 Å². The fourth-order valence-electron chi connectivity index (χ4n) is 4.49. The van der Waals surface area contributed by atoms with Crippen molar-refractivity contribution in [1.29, 1.82) is 0 Å². The third-order valence-corrected chi connectivity index (χ3v) is 5.65. The zero-order valence-corrected chi connectivity index (χ0v) is 12.9. The predicted octanol–water partition coefficient (Wildman–Crippen LogP) is 3.47. The average molecular weight is 283 g/mol. The van der Waals surface area contributed by atoms with Crippen LogP contribution in [0.1, 0.15) is 44.1 Å². The third-order valence-electron chi connectivity index (χ3n) is 5.65. The van der Waals surface area contributed by atoms with Crippen LogP contribution >= 0.6 is 0 Å². The summed E-state index contributed by atoms with van der Waals surface area (Å²) in [6, 6.07) is 8.71. The maximum Gasteiger partial charge on any atom is 0.196 e. The molecule has 0 amide bonds. The van der Waals surface area contributed by atoms with E-state index in [0.29, 0.717) is 0 Å². The molecule has 2 aliphatic carbocycles. The average Bonchev–Trinajstić information content (AvgIpc) is 3.26. The van der Waals surface area contributed by atoms with Crippen molar-refractivity contribution in [3.05, 3.63) is 29.8 Å². The molecule has 1 spiro atoms. The number of rotatable bonds is 2. The number of anilines is 1. The number of guanidine groups is 1. The highest BCUT2D eigenvalue weighted by Crippen LogP contribution is 2.50. The second-order valence-electron chi connectivity index (χ2n) is 7.27. The Kier molecular flexibility index (Phi) is 2.98. The highest BCUT2D eigenvalue weighted by atomic mass is 15.4. The lowest BCUT2D eigenvalue weighted by Crippen LogP contribution is -2.54. The summed E-state index contributed by atoms with van der Waals surface area (Å²) in [5.41, 5.74) is 8.95. The summed E-state index contributed by atoms with van der Waals surface area (Å²) in [4.78, 5) is 6.99. The van der Waals surface area contributed by atoms with Crippen molar-refractivity contribution in [2.45, 2.75) is 51.0 Å². The Hall–Kier alpha value is -1.51. The van der Waals surface area contributed by atoms with E-state index in [9.17, 15) is 0 Å². The normalized spacial score (nSPS) is 32.5. The van der Waals surface area contributed by atoms with E-state index < -0.39 is 0 Å². The molecule has 2 unspecified atom stereocenters. The van der Waals surface area contributed by atoms with Crippen LogP contribution in [0.15, 0.2) is 29.3 Å². The third kappa shape index (κ3) is 2.23. The number of aliphatic imine (C=N–C) groups is 1. The molecule has 0 saturated heterocycles. The Morgan fingerprint density at radius 1 is 1.24 bits per heavy atom. The second-order valence-corrected chi connectivity index (χ2v) is 7.27. The fraction of sp³-hybridized carbons (Fsp3) is 0.611. The van der Waals surface area contributed by atoms with Gasteiger partial charge in [0.25, 0.3) is 0 Å². The van der Waals surface area contributed by atoms with Gasteiger partial charge in [-0.1, -0.05) is 25.0 Å². The summed E-state index contributed by atoms with van der Waals surface area (Å²) in [7, 11) is 0. The van der Waals surface area contributed by atoms with E-state index in [2.05, 4.69) is 41.1 Å². The summed E-state index contributed by atoms with van der Waals surface area (Å²) < 4.78 is 0. The van der Waals surface area contributed by atoms with Gasteiger partial charge in [0.1, 0.15) is 0 Å². The van der Waals surface area contributed by atoms with Crippen LogP contribution in [-0.2, 0) is 0 Å². The number of nitrogens with zero attached hydrogens (tertiary/aromatic N) is 2. The minimum atomic E-state index is 0.156. The molecule has 4 rings (SSSR count). The van der Waals surface area contributed by atoms with E-state index in [1.807, 2.05) is 0 Å². The summed E-state index contributed by atoms with van der Waals surface area (Å²) in [6.45, 7) is 3.03. The monoisotopic (exact) mass is 283 g/mol. The molecule has 1 aromatic rings. The van der Waals surface area contributed by atoms with Crippen molar-refractivity contribution in [2.24, 2.45) is 22.6 Å². The molecule has 3 heteroatoms. The molecule has 0 bridgehead atoms. The second kappa shape index (κ2) is 4.75. The van der Waals surface area contributed by atoms with Crippen molar-refractivity contribution in [1.82, 2.24) is 0 Å². The van der Waals surface area contributed by atoms with Crippen molar-refractivity contribution in [3.8, 4) is 0 Å². The first-order valence-corrected chi connectivity index (χ1v) is 8.35. The van der Waals surface area contributed by atoms with Crippen LogP contribution in [0.2, 0.25) is 0 Å². The van der Waals surface area contributed by atoms with Gasteiger partial charge in [-0.2, -0.15) is 0 Å². The highest BCUT2D eigenvalue weighted by molar-refractivity contribution is 5.98. The molecule has 2 atom stereocenters. The summed E-state index contributed by atoms with van der Waals surface area (Å²) >= 11 is 0. The molecule has 2 saturated carbocycles. The van der Waals surface area contributed by atoms with Crippen molar-refractivity contribution >= 4 is 11.6 Å². The van der Waals surface area contributed by atoms with Crippen LogP contribution in [0.25, 0.3) is 0 Å². The van der Waals surface area contributed by atoms with E-state index in [0.717, 1.165) is 24.3 Å². The first-order valence-electron chi connectivity index (χ1n) is 8.35. The van der Waals surface area contributed by atoms with Crippen LogP contribution < -0.4 is 10.6 Å². The van der Waals surface area contributed by atoms with E-state index in [1.54, 1.807) is 0 Å². The Morgan fingerprint density at radius 2 is 2.10 bits per heavy atom. The van der Waals surface area contributed by atoms with Crippen molar-refractivity contribution in [3.63, 3.8) is 0 Å². The first-order chi connectivity index (χ1) is 10.2. The number of benzene rings is 1. The van der Waals surface area contributed by atoms with Crippen molar-refractivity contribution < 1.29 is 0 Å². The molecular formula is C18H25N3. The molecule has 2 fully saturated rings. The molecule has 21 heavy (non-hydrogen) atoms. The lowest BCUT2D eigenvalue weighted by Gasteiger charge is -2.45. The fourth-order valence-corrected chi connectivity index (χ4v) is 4.49. The van der Waals surface area contributed by atoms with Crippen LogP contribution in [0, 0.1) is 18.8 Å². The maximum atomic E-state index is 6.28. The summed E-state index contributed by atoms with van der Waals surface area (Å²) in [5, 5.41) is 0. The van der Waals surface area contributed by atoms with Gasteiger partial charge in [0.2, 0.25) is 0 Å². The standard InChI is InChI=1S/C18H25N3/c1-13-4-2-6-16(10-13)21-17(19)20-12-18(21)9-3-5-15(11-18)14-7-8-14/h2,4,6,10,14-15H,3,5,7-9,11-12H2,1H3,(H2,19,20). The smallest absolute Gasteiger partial charge is 0.196 e. The molecule has 3 aliphatic rings. The van der Waals surface area contributed by atoms with E-state index in [1.165, 1.54) is 49.8 Å². The van der Waals surface area contributed by atoms with Crippen LogP contribution in [0.3, 0.4) is 0 Å². The Labute approximate surface area is 127 Å². The molecule has 3 nitrogen and oxygen atoms in total. The molecule has 2 N–H and O–H groups in total. The number of aryl methyl sites for hydroxylation is 1. The van der Waals surface area contributed by atoms with Gasteiger partial charge in [-0.25, -0.2) is 0 Å². The summed E-state index contributed by atoms with van der Waals surface area (Å²) in [6.07, 6.45) is 8.13. The highest BCUT2D eigenvalue weighted by Gasteiger charge is 2.48. The van der Waals surface area contributed by atoms with Gasteiger partial charge in [-0.15, -0.1) is 0 Å². The maximum absolute atomic E-state index is 6.28. The van der Waals surface area contributed by atoms with Gasteiger partial charge < -0.3 is 10.6 Å². The lowest BCUT2D eigenvalue weighted by molar-refractivity contribution is 0.219. The van der Waals surface area contributed by atoms with E-state index >= 15 is 0 Å². The number of nitrogens with two attached hydrogens (primary N) is 1. The Balaban J connectivity index is 1.67. The number of hydrogen-bond acceptors (Lipinski definition) is 3. The zero-order valence-electron chi connectivity index (χ0n) is 12.9. The molecule has 1 aromatic carbocycles. The largest absolute Gasteiger partial charge is 0.369 e. The minimum Gasteiger partial charge on any atom is -0.369 e. The van der Waals surface area contributed by atoms with Crippen LogP contribution in [-0.4, -0.2) is 18.0 Å². The zero-order chi connectivity index (χ0) is 14.4. The van der Waals surface area contributed by atoms with Crippen LogP contribution in [0.5, 0.6) is 0 Å². The Bertz CT molecular complexity index is 576. The molecule has 0 aromatic heterocycles. The number of hydrogen-bond donors (Lipinski definition) is 1. The quantitative estimate of drug-likeness (QED) is 0.903. The van der Waals surface area contributed by atoms with Crippen LogP contribution in [0.4, 0.5) is 5.69 Å². The molecular weight excluding hydrogens is 258 g/mol. The van der Waals surface area contributed by atoms with Gasteiger partial charge in [-0.3, -0.25) is 4.99 Å². The van der Waals surface area contributed by atoms with Gasteiger partial charge in [0.15, 0.2) is 5.96 Å². The predicted molar refractivity (Wildman–Crippen MR) is 87.6 cm³/mol. The molecule has 1 heterocycles. The first kappa shape index (κ1) is 13.2. The SMILES string of the molecule is Cc1cccc(N2C(N)=NCC23CCCC(C2CC2)C3)c1. The van der Waals surface area contributed by atoms with Gasteiger partial charge in [0, 0.05) is 5.69 Å². The van der Waals surface area contributed by atoms with Gasteiger partial charge in [-0.05, 0) is 62.1 Å². The van der Waals surface area contributed by atoms with E-state index in [4.69, 9.17) is 5.73 Å². The molecule has 112 valence electrons. The van der Waals surface area contributed by atoms with Crippen molar-refractivity contribution in [2.75, 3.05) is 11.4 Å². The molecule has 1 aliphatic heterocycles. The van der Waals surface area contributed by atoms with E-state index in [-0.39, 0.29) is 5.54 Å². The minimum absolute atomic E-state index is 0.156. The lowest BCUT2D eigenvalue weighted by atomic mass is 9.73. The Morgan fingerprint density at radius 3 is 2.86 bits per heavy atom. The summed E-state index contributed by atoms with van der Waals surface area (Å²) in [5.74, 6) is 2.60. The van der Waals surface area contributed by atoms with Gasteiger partial charge >= 0.3 is 0 Å².